The molecule has 118 valence electrons. The molecule has 1 unspecified atom stereocenters. The van der Waals surface area contributed by atoms with Crippen LogP contribution in [0.15, 0.2) is 12.1 Å². The zero-order valence-electron chi connectivity index (χ0n) is 12.8. The molecule has 1 aliphatic rings. The fourth-order valence-corrected chi connectivity index (χ4v) is 3.50. The zero-order valence-corrected chi connectivity index (χ0v) is 12.8. The lowest BCUT2D eigenvalue weighted by atomic mass is 9.76. The minimum atomic E-state index is -0.862. The Morgan fingerprint density at radius 1 is 1.05 bits per heavy atom. The van der Waals surface area contributed by atoms with E-state index in [1.807, 2.05) is 6.92 Å². The monoisotopic (exact) mass is 299 g/mol. The largest absolute Gasteiger partial charge is 0.310 e. The fraction of sp³-hybridized carbons (Fsp3) is 0.647. The van der Waals surface area contributed by atoms with Crippen LogP contribution in [0.2, 0.25) is 0 Å². The van der Waals surface area contributed by atoms with Gasteiger partial charge in [-0.1, -0.05) is 33.1 Å². The summed E-state index contributed by atoms with van der Waals surface area (Å²) in [5.74, 6) is -1.49. The van der Waals surface area contributed by atoms with Crippen molar-refractivity contribution >= 4 is 0 Å². The Labute approximate surface area is 124 Å². The van der Waals surface area contributed by atoms with E-state index in [0.29, 0.717) is 6.54 Å². The van der Waals surface area contributed by atoms with Crippen molar-refractivity contribution in [2.24, 2.45) is 11.8 Å². The second-order valence-electron chi connectivity index (χ2n) is 6.01. The van der Waals surface area contributed by atoms with Gasteiger partial charge in [-0.15, -0.1) is 0 Å². The van der Waals surface area contributed by atoms with E-state index in [4.69, 9.17) is 0 Å². The van der Waals surface area contributed by atoms with Gasteiger partial charge >= 0.3 is 0 Å². The minimum absolute atomic E-state index is 0.00167. The number of hydrogen-bond donors (Lipinski definition) is 1. The van der Waals surface area contributed by atoms with Gasteiger partial charge in [0, 0.05) is 23.7 Å². The molecule has 0 bridgehead atoms. The maximum Gasteiger partial charge on any atom is 0.133 e. The van der Waals surface area contributed by atoms with Crippen molar-refractivity contribution in [2.75, 3.05) is 6.54 Å². The van der Waals surface area contributed by atoms with E-state index in [0.717, 1.165) is 50.2 Å². The van der Waals surface area contributed by atoms with Gasteiger partial charge in [-0.3, -0.25) is 0 Å². The lowest BCUT2D eigenvalue weighted by Crippen LogP contribution is -2.32. The number of hydrogen-bond acceptors (Lipinski definition) is 1. The SMILES string of the molecule is CCNC(c1c(F)cc(F)cc1F)C1CCC(CC)CC1. The van der Waals surface area contributed by atoms with Gasteiger partial charge in [-0.25, -0.2) is 13.2 Å². The van der Waals surface area contributed by atoms with Gasteiger partial charge in [0.05, 0.1) is 0 Å². The van der Waals surface area contributed by atoms with Crippen LogP contribution >= 0.6 is 0 Å². The summed E-state index contributed by atoms with van der Waals surface area (Å²) in [7, 11) is 0. The van der Waals surface area contributed by atoms with Crippen LogP contribution in [-0.4, -0.2) is 6.54 Å². The van der Waals surface area contributed by atoms with E-state index in [-0.39, 0.29) is 17.5 Å². The van der Waals surface area contributed by atoms with Gasteiger partial charge in [0.25, 0.3) is 0 Å². The number of benzene rings is 1. The third-order valence-electron chi connectivity index (χ3n) is 4.72. The van der Waals surface area contributed by atoms with Crippen LogP contribution in [0.5, 0.6) is 0 Å². The summed E-state index contributed by atoms with van der Waals surface area (Å²) >= 11 is 0. The smallest absolute Gasteiger partial charge is 0.133 e. The Bertz CT molecular complexity index is 444. The summed E-state index contributed by atoms with van der Waals surface area (Å²) in [4.78, 5) is 0. The molecule has 0 spiro atoms. The summed E-state index contributed by atoms with van der Waals surface area (Å²) in [6.07, 6.45) is 5.30. The predicted molar refractivity (Wildman–Crippen MR) is 78.5 cm³/mol. The van der Waals surface area contributed by atoms with Crippen molar-refractivity contribution in [1.82, 2.24) is 5.32 Å². The summed E-state index contributed by atoms with van der Waals surface area (Å²) in [5.41, 5.74) is -0.00167. The molecule has 0 aliphatic heterocycles. The highest BCUT2D eigenvalue weighted by molar-refractivity contribution is 5.25. The molecule has 1 saturated carbocycles. The van der Waals surface area contributed by atoms with Crippen LogP contribution in [0, 0.1) is 29.3 Å². The Hall–Kier alpha value is -1.03. The van der Waals surface area contributed by atoms with Crippen LogP contribution in [0.4, 0.5) is 13.2 Å². The highest BCUT2D eigenvalue weighted by Gasteiger charge is 2.31. The predicted octanol–water partition coefficient (Wildman–Crippen LogP) is 4.97. The van der Waals surface area contributed by atoms with Gasteiger partial charge in [-0.05, 0) is 31.2 Å². The summed E-state index contributed by atoms with van der Waals surface area (Å²) in [6, 6.07) is 1.19. The minimum Gasteiger partial charge on any atom is -0.310 e. The molecular formula is C17H24F3N. The Balaban J connectivity index is 2.23. The Kier molecular flexibility index (Phi) is 5.68. The molecule has 4 heteroatoms. The van der Waals surface area contributed by atoms with Crippen molar-refractivity contribution in [3.05, 3.63) is 35.1 Å². The molecule has 1 N–H and O–H groups in total. The van der Waals surface area contributed by atoms with E-state index in [1.165, 1.54) is 0 Å². The molecule has 1 fully saturated rings. The maximum absolute atomic E-state index is 14.1. The van der Waals surface area contributed by atoms with Crippen molar-refractivity contribution in [3.63, 3.8) is 0 Å². The first kappa shape index (κ1) is 16.3. The molecule has 1 aliphatic carbocycles. The van der Waals surface area contributed by atoms with Gasteiger partial charge < -0.3 is 5.32 Å². The quantitative estimate of drug-likeness (QED) is 0.809. The van der Waals surface area contributed by atoms with E-state index >= 15 is 0 Å². The third-order valence-corrected chi connectivity index (χ3v) is 4.72. The topological polar surface area (TPSA) is 12.0 Å². The molecule has 1 atom stereocenters. The first-order valence-electron chi connectivity index (χ1n) is 7.94. The van der Waals surface area contributed by atoms with Crippen LogP contribution in [0.25, 0.3) is 0 Å². The first-order chi connectivity index (χ1) is 10.1. The van der Waals surface area contributed by atoms with Crippen molar-refractivity contribution < 1.29 is 13.2 Å². The highest BCUT2D eigenvalue weighted by atomic mass is 19.1. The molecule has 21 heavy (non-hydrogen) atoms. The lowest BCUT2D eigenvalue weighted by molar-refractivity contribution is 0.214. The summed E-state index contributed by atoms with van der Waals surface area (Å²) in [5, 5.41) is 3.20. The standard InChI is InChI=1S/C17H24F3N/c1-3-11-5-7-12(8-6-11)17(21-4-2)16-14(19)9-13(18)10-15(16)20/h9-12,17,21H,3-8H2,1-2H3. The second-order valence-corrected chi connectivity index (χ2v) is 6.01. The van der Waals surface area contributed by atoms with Crippen molar-refractivity contribution in [1.29, 1.82) is 0 Å². The van der Waals surface area contributed by atoms with Crippen LogP contribution in [0.3, 0.4) is 0 Å². The summed E-state index contributed by atoms with van der Waals surface area (Å²) < 4.78 is 41.2. The molecular weight excluding hydrogens is 275 g/mol. The van der Waals surface area contributed by atoms with Crippen LogP contribution in [0.1, 0.15) is 57.6 Å². The fourth-order valence-electron chi connectivity index (χ4n) is 3.50. The van der Waals surface area contributed by atoms with Crippen molar-refractivity contribution in [2.45, 2.75) is 52.0 Å². The Morgan fingerprint density at radius 2 is 1.62 bits per heavy atom. The molecule has 0 amide bonds. The molecule has 0 radical (unpaired) electrons. The average molecular weight is 299 g/mol. The first-order valence-corrected chi connectivity index (χ1v) is 7.94. The number of rotatable bonds is 5. The molecule has 1 aromatic carbocycles. The highest BCUT2D eigenvalue weighted by Crippen LogP contribution is 2.39. The van der Waals surface area contributed by atoms with Gasteiger partial charge in [0.1, 0.15) is 17.5 Å². The molecule has 2 rings (SSSR count). The number of halogens is 3. The van der Waals surface area contributed by atoms with Crippen LogP contribution in [-0.2, 0) is 0 Å². The van der Waals surface area contributed by atoms with E-state index in [9.17, 15) is 13.2 Å². The molecule has 0 aromatic heterocycles. The molecule has 0 saturated heterocycles. The van der Waals surface area contributed by atoms with Crippen molar-refractivity contribution in [3.8, 4) is 0 Å². The number of nitrogens with one attached hydrogen (secondary N) is 1. The van der Waals surface area contributed by atoms with E-state index in [2.05, 4.69) is 12.2 Å². The van der Waals surface area contributed by atoms with Gasteiger partial charge in [0.15, 0.2) is 0 Å². The van der Waals surface area contributed by atoms with E-state index < -0.39 is 17.5 Å². The maximum atomic E-state index is 14.1. The van der Waals surface area contributed by atoms with Gasteiger partial charge in [-0.2, -0.15) is 0 Å². The van der Waals surface area contributed by atoms with E-state index in [1.54, 1.807) is 0 Å². The normalized spacial score (nSPS) is 24.0. The molecule has 1 aromatic rings. The second kappa shape index (κ2) is 7.30. The van der Waals surface area contributed by atoms with Crippen LogP contribution < -0.4 is 5.32 Å². The zero-order chi connectivity index (χ0) is 15.4. The Morgan fingerprint density at radius 3 is 2.10 bits per heavy atom. The third kappa shape index (κ3) is 3.79. The lowest BCUT2D eigenvalue weighted by Gasteiger charge is -2.34. The summed E-state index contributed by atoms with van der Waals surface area (Å²) in [6.45, 7) is 4.74. The molecule has 0 heterocycles. The molecule has 1 nitrogen and oxygen atoms in total. The average Bonchev–Trinajstić information content (AvgIpc) is 2.45. The van der Waals surface area contributed by atoms with Gasteiger partial charge in [0.2, 0.25) is 0 Å².